The lowest BCUT2D eigenvalue weighted by Gasteiger charge is -2.37. The van der Waals surface area contributed by atoms with Crippen LogP contribution < -0.4 is 0 Å². The summed E-state index contributed by atoms with van der Waals surface area (Å²) in [6, 6.07) is 4.39. The average molecular weight is 334 g/mol. The predicted octanol–water partition coefficient (Wildman–Crippen LogP) is 3.19. The van der Waals surface area contributed by atoms with Crippen molar-refractivity contribution in [1.82, 2.24) is 9.88 Å². The summed E-state index contributed by atoms with van der Waals surface area (Å²) in [5, 5.41) is 5.08. The van der Waals surface area contributed by atoms with Crippen LogP contribution in [0, 0.1) is 0 Å². The number of ether oxygens (including phenoxy) is 1. The van der Waals surface area contributed by atoms with Crippen LogP contribution in [0.5, 0.6) is 0 Å². The standard InChI is InChI=1S/C16H18N2O2S2/c19-15(18-6-7-20-13-4-1-3-12(13)18)9-11-10-22-16(17-11)14-5-2-8-21-14/h2,5,8,10,12-13H,1,3-4,6-7,9H2/t12-,13+/m0/s1. The molecule has 0 bridgehead atoms. The third-order valence-corrected chi connectivity index (χ3v) is 6.35. The fourth-order valence-corrected chi connectivity index (χ4v) is 5.03. The van der Waals surface area contributed by atoms with Crippen LogP contribution in [0.3, 0.4) is 0 Å². The van der Waals surface area contributed by atoms with Gasteiger partial charge < -0.3 is 9.64 Å². The van der Waals surface area contributed by atoms with Gasteiger partial charge in [0.25, 0.3) is 0 Å². The molecular formula is C16H18N2O2S2. The molecule has 1 aliphatic carbocycles. The van der Waals surface area contributed by atoms with E-state index in [1.165, 1.54) is 11.3 Å². The minimum Gasteiger partial charge on any atom is -0.374 e. The van der Waals surface area contributed by atoms with Gasteiger partial charge in [-0.15, -0.1) is 22.7 Å². The Hall–Kier alpha value is -1.24. The second-order valence-corrected chi connectivity index (χ2v) is 7.60. The van der Waals surface area contributed by atoms with Crippen LogP contribution in [-0.2, 0) is 16.0 Å². The lowest BCUT2D eigenvalue weighted by molar-refractivity contribution is -0.143. The van der Waals surface area contributed by atoms with E-state index in [2.05, 4.69) is 16.4 Å². The first-order valence-corrected chi connectivity index (χ1v) is 9.46. The number of nitrogens with zero attached hydrogens (tertiary/aromatic N) is 2. The summed E-state index contributed by atoms with van der Waals surface area (Å²) in [5.74, 6) is 0.197. The highest BCUT2D eigenvalue weighted by molar-refractivity contribution is 7.20. The number of thiophene rings is 1. The fraction of sp³-hybridized carbons (Fsp3) is 0.500. The molecule has 1 saturated carbocycles. The largest absolute Gasteiger partial charge is 0.374 e. The third-order valence-electron chi connectivity index (χ3n) is 4.42. The molecule has 4 nitrogen and oxygen atoms in total. The van der Waals surface area contributed by atoms with Crippen LogP contribution in [0.15, 0.2) is 22.9 Å². The number of thiazole rings is 1. The highest BCUT2D eigenvalue weighted by atomic mass is 32.1. The highest BCUT2D eigenvalue weighted by Gasteiger charge is 2.38. The minimum absolute atomic E-state index is 0.197. The normalized spacial score (nSPS) is 24.5. The SMILES string of the molecule is O=C(Cc1csc(-c2cccs2)n1)N1CCO[C@@H]2CCC[C@@H]21. The van der Waals surface area contributed by atoms with Crippen molar-refractivity contribution in [2.24, 2.45) is 0 Å². The molecule has 2 atom stereocenters. The Bertz CT molecular complexity index is 653. The molecule has 1 saturated heterocycles. The van der Waals surface area contributed by atoms with Gasteiger partial charge in [0.2, 0.25) is 5.91 Å². The Morgan fingerprint density at radius 1 is 1.41 bits per heavy atom. The van der Waals surface area contributed by atoms with Gasteiger partial charge in [0.1, 0.15) is 5.01 Å². The van der Waals surface area contributed by atoms with Crippen molar-refractivity contribution in [1.29, 1.82) is 0 Å². The molecule has 0 spiro atoms. The third kappa shape index (κ3) is 2.71. The summed E-state index contributed by atoms with van der Waals surface area (Å²) in [7, 11) is 0. The molecule has 2 aromatic heterocycles. The summed E-state index contributed by atoms with van der Waals surface area (Å²) in [4.78, 5) is 20.5. The first-order valence-electron chi connectivity index (χ1n) is 7.70. The van der Waals surface area contributed by atoms with E-state index in [0.29, 0.717) is 13.0 Å². The van der Waals surface area contributed by atoms with E-state index in [-0.39, 0.29) is 18.1 Å². The zero-order valence-electron chi connectivity index (χ0n) is 12.2. The molecule has 6 heteroatoms. The molecule has 1 aliphatic heterocycles. The highest BCUT2D eigenvalue weighted by Crippen LogP contribution is 2.31. The van der Waals surface area contributed by atoms with Crippen LogP contribution in [0.25, 0.3) is 9.88 Å². The van der Waals surface area contributed by atoms with E-state index in [4.69, 9.17) is 4.74 Å². The van der Waals surface area contributed by atoms with Gasteiger partial charge in [-0.1, -0.05) is 6.07 Å². The van der Waals surface area contributed by atoms with E-state index in [0.717, 1.165) is 30.1 Å². The molecule has 0 unspecified atom stereocenters. The number of hydrogen-bond acceptors (Lipinski definition) is 5. The van der Waals surface area contributed by atoms with Crippen molar-refractivity contribution in [3.05, 3.63) is 28.6 Å². The van der Waals surface area contributed by atoms with Crippen molar-refractivity contribution in [3.8, 4) is 9.88 Å². The first-order chi connectivity index (χ1) is 10.8. The maximum absolute atomic E-state index is 12.6. The van der Waals surface area contributed by atoms with Gasteiger partial charge in [0.15, 0.2) is 0 Å². The molecule has 3 heterocycles. The molecule has 0 aromatic carbocycles. The number of morpholine rings is 1. The molecule has 116 valence electrons. The van der Waals surface area contributed by atoms with E-state index < -0.39 is 0 Å². The van der Waals surface area contributed by atoms with E-state index in [1.807, 2.05) is 16.3 Å². The van der Waals surface area contributed by atoms with E-state index >= 15 is 0 Å². The smallest absolute Gasteiger partial charge is 0.229 e. The van der Waals surface area contributed by atoms with Gasteiger partial charge in [-0.05, 0) is 30.7 Å². The second kappa shape index (κ2) is 6.10. The lowest BCUT2D eigenvalue weighted by atomic mass is 10.1. The van der Waals surface area contributed by atoms with Crippen LogP contribution in [0.2, 0.25) is 0 Å². The van der Waals surface area contributed by atoms with Gasteiger partial charge >= 0.3 is 0 Å². The number of carbonyl (C=O) groups is 1. The molecular weight excluding hydrogens is 316 g/mol. The molecule has 4 rings (SSSR count). The van der Waals surface area contributed by atoms with Crippen molar-refractivity contribution in [2.45, 2.75) is 37.8 Å². The van der Waals surface area contributed by atoms with Crippen LogP contribution in [0.4, 0.5) is 0 Å². The lowest BCUT2D eigenvalue weighted by Crippen LogP contribution is -2.51. The molecule has 22 heavy (non-hydrogen) atoms. The van der Waals surface area contributed by atoms with Crippen molar-refractivity contribution in [3.63, 3.8) is 0 Å². The second-order valence-electron chi connectivity index (χ2n) is 5.79. The summed E-state index contributed by atoms with van der Waals surface area (Å²) < 4.78 is 5.78. The molecule has 0 N–H and O–H groups in total. The number of carbonyl (C=O) groups excluding carboxylic acids is 1. The number of amides is 1. The van der Waals surface area contributed by atoms with Crippen molar-refractivity contribution >= 4 is 28.6 Å². The summed E-state index contributed by atoms with van der Waals surface area (Å²) >= 11 is 3.30. The quantitative estimate of drug-likeness (QED) is 0.866. The molecule has 1 amide bonds. The zero-order chi connectivity index (χ0) is 14.9. The van der Waals surface area contributed by atoms with E-state index in [1.54, 1.807) is 22.7 Å². The average Bonchev–Trinajstić information content (AvgIpc) is 3.27. The molecule has 2 fully saturated rings. The molecule has 0 radical (unpaired) electrons. The topological polar surface area (TPSA) is 42.4 Å². The van der Waals surface area contributed by atoms with Crippen molar-refractivity contribution in [2.75, 3.05) is 13.2 Å². The maximum Gasteiger partial charge on any atom is 0.229 e. The van der Waals surface area contributed by atoms with Gasteiger partial charge in [0.05, 0.1) is 35.7 Å². The Kier molecular flexibility index (Phi) is 3.98. The monoisotopic (exact) mass is 334 g/mol. The number of rotatable bonds is 3. The van der Waals surface area contributed by atoms with Crippen LogP contribution in [0.1, 0.15) is 25.0 Å². The number of hydrogen-bond donors (Lipinski definition) is 0. The molecule has 2 aromatic rings. The van der Waals surface area contributed by atoms with Gasteiger partial charge in [0, 0.05) is 11.9 Å². The van der Waals surface area contributed by atoms with E-state index in [9.17, 15) is 4.79 Å². The summed E-state index contributed by atoms with van der Waals surface area (Å²) in [6.45, 7) is 1.40. The summed E-state index contributed by atoms with van der Waals surface area (Å²) in [6.07, 6.45) is 4.00. The van der Waals surface area contributed by atoms with Gasteiger partial charge in [-0.25, -0.2) is 4.98 Å². The predicted molar refractivity (Wildman–Crippen MR) is 88.2 cm³/mol. The van der Waals surface area contributed by atoms with Crippen LogP contribution >= 0.6 is 22.7 Å². The van der Waals surface area contributed by atoms with Gasteiger partial charge in [-0.3, -0.25) is 4.79 Å². The maximum atomic E-state index is 12.6. The first kappa shape index (κ1) is 14.4. The zero-order valence-corrected chi connectivity index (χ0v) is 13.9. The minimum atomic E-state index is 0.197. The van der Waals surface area contributed by atoms with Gasteiger partial charge in [-0.2, -0.15) is 0 Å². The Morgan fingerprint density at radius 2 is 2.36 bits per heavy atom. The Labute approximate surface area is 137 Å². The summed E-state index contributed by atoms with van der Waals surface area (Å²) in [5.41, 5.74) is 0.888. The fourth-order valence-electron chi connectivity index (χ4n) is 3.39. The molecule has 2 aliphatic rings. The number of aromatic nitrogens is 1. The van der Waals surface area contributed by atoms with Crippen LogP contribution in [-0.4, -0.2) is 41.1 Å². The van der Waals surface area contributed by atoms with Crippen molar-refractivity contribution < 1.29 is 9.53 Å². The Balaban J connectivity index is 1.45. The Morgan fingerprint density at radius 3 is 3.23 bits per heavy atom. The number of fused-ring (bicyclic) bond motifs is 1.